The number of esters is 1. The molecule has 0 aromatic rings. The van der Waals surface area contributed by atoms with Gasteiger partial charge in [-0.3, -0.25) is 4.79 Å². The SMILES string of the molecule is COC[C@H]1C(=O)O[C@@H]2[C@@H]1C[C@H]1O[C@]1(CO)CC/C=C(\C)CC/C=C(\C)[C@H]2O. The van der Waals surface area contributed by atoms with Gasteiger partial charge in [0.05, 0.1) is 25.2 Å². The minimum Gasteiger partial charge on any atom is -0.459 e. The molecule has 27 heavy (non-hydrogen) atoms. The highest BCUT2D eigenvalue weighted by molar-refractivity contribution is 5.75. The fraction of sp³-hybridized carbons (Fsp3) is 0.762. The number of allylic oxidation sites excluding steroid dienone is 3. The lowest BCUT2D eigenvalue weighted by molar-refractivity contribution is -0.148. The van der Waals surface area contributed by atoms with Crippen LogP contribution in [0.2, 0.25) is 0 Å². The van der Waals surface area contributed by atoms with Crippen molar-refractivity contribution in [3.8, 4) is 0 Å². The number of rotatable bonds is 3. The minimum atomic E-state index is -0.838. The molecular weight excluding hydrogens is 348 g/mol. The Balaban J connectivity index is 1.87. The summed E-state index contributed by atoms with van der Waals surface area (Å²) in [6.07, 6.45) is 6.61. The number of carbonyl (C=O) groups is 1. The van der Waals surface area contributed by atoms with Crippen molar-refractivity contribution in [2.24, 2.45) is 11.8 Å². The molecule has 0 aromatic heterocycles. The van der Waals surface area contributed by atoms with Crippen molar-refractivity contribution in [2.75, 3.05) is 20.3 Å². The zero-order valence-corrected chi connectivity index (χ0v) is 16.5. The van der Waals surface area contributed by atoms with E-state index >= 15 is 0 Å². The molecule has 6 atom stereocenters. The van der Waals surface area contributed by atoms with Crippen LogP contribution in [-0.4, -0.2) is 60.4 Å². The number of aliphatic hydroxyl groups excluding tert-OH is 2. The molecule has 6 heteroatoms. The minimum absolute atomic E-state index is 0.0346. The van der Waals surface area contributed by atoms with Crippen molar-refractivity contribution in [1.29, 1.82) is 0 Å². The summed E-state index contributed by atoms with van der Waals surface area (Å²) >= 11 is 0. The lowest BCUT2D eigenvalue weighted by Gasteiger charge is -2.25. The summed E-state index contributed by atoms with van der Waals surface area (Å²) in [6, 6.07) is 0. The number of fused-ring (bicyclic) bond motifs is 2. The van der Waals surface area contributed by atoms with Gasteiger partial charge in [0.25, 0.3) is 0 Å². The number of methoxy groups -OCH3 is 1. The number of epoxide rings is 1. The molecule has 0 bridgehead atoms. The van der Waals surface area contributed by atoms with Gasteiger partial charge in [0.2, 0.25) is 0 Å². The molecule has 0 unspecified atom stereocenters. The van der Waals surface area contributed by atoms with E-state index in [4.69, 9.17) is 14.2 Å². The first-order valence-corrected chi connectivity index (χ1v) is 9.90. The van der Waals surface area contributed by atoms with Crippen LogP contribution in [0.25, 0.3) is 0 Å². The third-order valence-electron chi connectivity index (χ3n) is 6.34. The molecule has 0 spiro atoms. The molecule has 0 amide bonds. The average molecular weight is 380 g/mol. The molecule has 152 valence electrons. The van der Waals surface area contributed by atoms with E-state index < -0.39 is 23.7 Å². The fourth-order valence-corrected chi connectivity index (χ4v) is 4.45. The van der Waals surface area contributed by atoms with E-state index in [9.17, 15) is 15.0 Å². The van der Waals surface area contributed by atoms with Gasteiger partial charge >= 0.3 is 5.97 Å². The Morgan fingerprint density at radius 3 is 2.78 bits per heavy atom. The average Bonchev–Trinajstić information content (AvgIpc) is 3.24. The highest BCUT2D eigenvalue weighted by Crippen LogP contribution is 2.48. The predicted octanol–water partition coefficient (Wildman–Crippen LogP) is 2.14. The van der Waals surface area contributed by atoms with Crippen molar-refractivity contribution in [3.05, 3.63) is 23.3 Å². The van der Waals surface area contributed by atoms with Crippen molar-refractivity contribution in [3.63, 3.8) is 0 Å². The molecule has 2 N–H and O–H groups in total. The van der Waals surface area contributed by atoms with E-state index in [2.05, 4.69) is 13.0 Å². The van der Waals surface area contributed by atoms with Crippen LogP contribution in [0, 0.1) is 11.8 Å². The molecule has 3 rings (SSSR count). The Morgan fingerprint density at radius 2 is 2.07 bits per heavy atom. The van der Waals surface area contributed by atoms with Crippen molar-refractivity contribution >= 4 is 5.97 Å². The molecule has 2 fully saturated rings. The van der Waals surface area contributed by atoms with Gasteiger partial charge in [-0.05, 0) is 51.5 Å². The summed E-state index contributed by atoms with van der Waals surface area (Å²) in [7, 11) is 1.56. The summed E-state index contributed by atoms with van der Waals surface area (Å²) in [5, 5.41) is 20.7. The first kappa shape index (κ1) is 20.5. The molecule has 2 heterocycles. The van der Waals surface area contributed by atoms with Gasteiger partial charge in [-0.15, -0.1) is 0 Å². The molecule has 6 nitrogen and oxygen atoms in total. The van der Waals surface area contributed by atoms with Crippen LogP contribution in [0.3, 0.4) is 0 Å². The summed E-state index contributed by atoms with van der Waals surface area (Å²) in [6.45, 7) is 4.21. The third-order valence-corrected chi connectivity index (χ3v) is 6.34. The lowest BCUT2D eigenvalue weighted by Crippen LogP contribution is -2.36. The third kappa shape index (κ3) is 4.29. The van der Waals surface area contributed by atoms with Crippen LogP contribution >= 0.6 is 0 Å². The first-order chi connectivity index (χ1) is 12.9. The van der Waals surface area contributed by atoms with E-state index in [1.165, 1.54) is 5.57 Å². The van der Waals surface area contributed by atoms with Gasteiger partial charge in [-0.25, -0.2) is 0 Å². The van der Waals surface area contributed by atoms with Crippen LogP contribution in [0.4, 0.5) is 0 Å². The Morgan fingerprint density at radius 1 is 1.30 bits per heavy atom. The largest absolute Gasteiger partial charge is 0.459 e. The van der Waals surface area contributed by atoms with Crippen molar-refractivity contribution in [2.45, 2.75) is 69.9 Å². The van der Waals surface area contributed by atoms with Crippen molar-refractivity contribution < 1.29 is 29.2 Å². The monoisotopic (exact) mass is 380 g/mol. The van der Waals surface area contributed by atoms with E-state index in [0.29, 0.717) is 6.42 Å². The molecule has 2 saturated heterocycles. The Bertz CT molecular complexity index is 612. The van der Waals surface area contributed by atoms with Gasteiger partial charge in [0, 0.05) is 13.0 Å². The molecule has 0 aromatic carbocycles. The predicted molar refractivity (Wildman–Crippen MR) is 100 cm³/mol. The maximum atomic E-state index is 12.4. The second kappa shape index (κ2) is 8.43. The molecule has 3 aliphatic rings. The quantitative estimate of drug-likeness (QED) is 0.443. The van der Waals surface area contributed by atoms with Gasteiger partial charge in [0.1, 0.15) is 17.8 Å². The number of hydrogen-bond acceptors (Lipinski definition) is 6. The lowest BCUT2D eigenvalue weighted by atomic mass is 9.80. The Labute approximate surface area is 161 Å². The van der Waals surface area contributed by atoms with E-state index in [0.717, 1.165) is 31.3 Å². The van der Waals surface area contributed by atoms with Crippen LogP contribution in [0.1, 0.15) is 46.0 Å². The number of hydrogen-bond donors (Lipinski definition) is 2. The molecule has 2 aliphatic heterocycles. The zero-order valence-electron chi connectivity index (χ0n) is 16.5. The molecular formula is C21H32O6. The first-order valence-electron chi connectivity index (χ1n) is 9.90. The van der Waals surface area contributed by atoms with Crippen molar-refractivity contribution in [1.82, 2.24) is 0 Å². The van der Waals surface area contributed by atoms with Gasteiger partial charge in [-0.2, -0.15) is 0 Å². The number of carbonyl (C=O) groups excluding carboxylic acids is 1. The Hall–Kier alpha value is -1.21. The Kier molecular flexibility index (Phi) is 6.41. The molecule has 0 saturated carbocycles. The fourth-order valence-electron chi connectivity index (χ4n) is 4.45. The summed E-state index contributed by atoms with van der Waals surface area (Å²) in [4.78, 5) is 12.4. The number of aliphatic hydroxyl groups is 2. The van der Waals surface area contributed by atoms with E-state index in [-0.39, 0.29) is 31.2 Å². The maximum Gasteiger partial charge on any atom is 0.312 e. The zero-order chi connectivity index (χ0) is 19.6. The highest BCUT2D eigenvalue weighted by Gasteiger charge is 2.59. The summed E-state index contributed by atoms with van der Waals surface area (Å²) in [5.41, 5.74) is 1.58. The van der Waals surface area contributed by atoms with Gasteiger partial charge in [-0.1, -0.05) is 17.7 Å². The summed E-state index contributed by atoms with van der Waals surface area (Å²) < 4.78 is 16.7. The van der Waals surface area contributed by atoms with Crippen LogP contribution in [-0.2, 0) is 19.0 Å². The van der Waals surface area contributed by atoms with Gasteiger partial charge < -0.3 is 24.4 Å². The highest BCUT2D eigenvalue weighted by atomic mass is 16.6. The van der Waals surface area contributed by atoms with E-state index in [1.54, 1.807) is 7.11 Å². The van der Waals surface area contributed by atoms with Crippen LogP contribution in [0.15, 0.2) is 23.3 Å². The second-order valence-electron chi connectivity index (χ2n) is 8.21. The number of ether oxygens (including phenoxy) is 3. The van der Waals surface area contributed by atoms with Crippen LogP contribution < -0.4 is 0 Å². The topological polar surface area (TPSA) is 88.5 Å². The van der Waals surface area contributed by atoms with Gasteiger partial charge in [0.15, 0.2) is 0 Å². The molecule has 0 radical (unpaired) electrons. The van der Waals surface area contributed by atoms with E-state index in [1.807, 2.05) is 13.0 Å². The maximum absolute atomic E-state index is 12.4. The second-order valence-corrected chi connectivity index (χ2v) is 8.21. The molecule has 1 aliphatic carbocycles. The standard InChI is InChI=1S/C21H32O6/c1-13-6-4-8-14(2)18(23)19-15(16(11-25-3)20(24)26-19)10-17-21(12-22,27-17)9-5-7-13/h7-8,15-19,22-23H,4-6,9-12H2,1-3H3/b13-7+,14-8+/t15-,16-,17-,18-,19-,21+/m1/s1. The normalized spacial score (nSPS) is 44.0. The smallest absolute Gasteiger partial charge is 0.312 e. The summed E-state index contributed by atoms with van der Waals surface area (Å²) in [5.74, 6) is -0.941. The van der Waals surface area contributed by atoms with Crippen LogP contribution in [0.5, 0.6) is 0 Å².